The first kappa shape index (κ1) is 14.0. The minimum Gasteiger partial charge on any atom is -0.360 e. The summed E-state index contributed by atoms with van der Waals surface area (Å²) >= 11 is 0. The Morgan fingerprint density at radius 1 is 1.05 bits per heavy atom. The lowest BCUT2D eigenvalue weighted by Gasteiger charge is -1.93. The molecule has 22 heavy (non-hydrogen) atoms. The number of aromatic nitrogens is 4. The van der Waals surface area contributed by atoms with Gasteiger partial charge >= 0.3 is 0 Å². The van der Waals surface area contributed by atoms with Crippen LogP contribution in [0.2, 0.25) is 0 Å². The molecule has 4 aromatic rings. The number of nitrogens with one attached hydrogen (secondary N) is 2. The minimum atomic E-state index is 0.164. The summed E-state index contributed by atoms with van der Waals surface area (Å²) in [6.45, 7) is 1.86. The van der Waals surface area contributed by atoms with Crippen molar-refractivity contribution in [2.45, 2.75) is 13.3 Å². The number of nitrogens with zero attached hydrogens (tertiary/aromatic N) is 2. The van der Waals surface area contributed by atoms with Crippen LogP contribution in [0, 0.1) is 0 Å². The highest BCUT2D eigenvalue weighted by atomic mass is 16.1. The molecule has 5 heteroatoms. The minimum absolute atomic E-state index is 0.164. The van der Waals surface area contributed by atoms with Crippen molar-refractivity contribution >= 4 is 27.6 Å². The van der Waals surface area contributed by atoms with Crippen molar-refractivity contribution in [1.29, 1.82) is 0 Å². The molecule has 0 radical (unpaired) electrons. The number of carbonyl (C=O) groups excluding carboxylic acids is 1. The van der Waals surface area contributed by atoms with Gasteiger partial charge in [0.25, 0.3) is 0 Å². The predicted octanol–water partition coefficient (Wildman–Crippen LogP) is 3.72. The molecule has 110 valence electrons. The van der Waals surface area contributed by atoms with Crippen LogP contribution in [0.15, 0.2) is 55.4 Å². The zero-order chi connectivity index (χ0) is 15.4. The quantitative estimate of drug-likeness (QED) is 0.553. The Hall–Kier alpha value is -2.95. The number of rotatable bonds is 2. The van der Waals surface area contributed by atoms with Gasteiger partial charge in [-0.3, -0.25) is 14.8 Å². The van der Waals surface area contributed by atoms with Gasteiger partial charge in [-0.2, -0.15) is 0 Å². The summed E-state index contributed by atoms with van der Waals surface area (Å²) in [6, 6.07) is 5.86. The second-order valence-corrected chi connectivity index (χ2v) is 4.84. The van der Waals surface area contributed by atoms with Crippen LogP contribution in [-0.2, 0) is 0 Å². The smallest absolute Gasteiger partial charge is 0.164 e. The highest BCUT2D eigenvalue weighted by molar-refractivity contribution is 6.07. The number of Topliss-reactive ketones (excluding diaryl/α,β-unsaturated/α-hetero) is 1. The maximum atomic E-state index is 11.4. The summed E-state index contributed by atoms with van der Waals surface area (Å²) in [4.78, 5) is 25.4. The van der Waals surface area contributed by atoms with Gasteiger partial charge in [0, 0.05) is 47.5 Å². The molecule has 0 fully saturated rings. The third-order valence-electron chi connectivity index (χ3n) is 3.46. The van der Waals surface area contributed by atoms with E-state index >= 15 is 0 Å². The van der Waals surface area contributed by atoms with E-state index in [2.05, 4.69) is 19.9 Å². The molecule has 0 aliphatic carbocycles. The van der Waals surface area contributed by atoms with Gasteiger partial charge in [-0.25, -0.2) is 0 Å². The fraction of sp³-hybridized carbons (Fsp3) is 0.118. The Morgan fingerprint density at radius 2 is 1.82 bits per heavy atom. The largest absolute Gasteiger partial charge is 0.360 e. The topological polar surface area (TPSA) is 74.4 Å². The van der Waals surface area contributed by atoms with E-state index in [1.165, 1.54) is 5.39 Å². The number of ketones is 1. The Kier molecular flexibility index (Phi) is 3.96. The van der Waals surface area contributed by atoms with Gasteiger partial charge in [0.15, 0.2) is 5.78 Å². The molecule has 4 rings (SSSR count). The second-order valence-electron chi connectivity index (χ2n) is 4.84. The standard InChI is InChI=1S/C10H10N2O.C7H6N2/c1-2-10(13)8-5-12-9-6-11-4-3-7(8)9;1-3-8-5-7-6(1)2-4-9-7/h3-6,12H,2H2,1H3;1-5,9H. The number of carbonyl (C=O) groups is 1. The van der Waals surface area contributed by atoms with Crippen LogP contribution >= 0.6 is 0 Å². The van der Waals surface area contributed by atoms with Crippen LogP contribution in [-0.4, -0.2) is 25.7 Å². The summed E-state index contributed by atoms with van der Waals surface area (Å²) in [5.74, 6) is 0.164. The molecule has 0 saturated carbocycles. The molecular weight excluding hydrogens is 276 g/mol. The van der Waals surface area contributed by atoms with E-state index in [1.54, 1.807) is 24.8 Å². The van der Waals surface area contributed by atoms with Crippen LogP contribution in [0.5, 0.6) is 0 Å². The van der Waals surface area contributed by atoms with E-state index in [9.17, 15) is 4.79 Å². The summed E-state index contributed by atoms with van der Waals surface area (Å²) < 4.78 is 0. The van der Waals surface area contributed by atoms with Crippen LogP contribution < -0.4 is 0 Å². The first-order valence-corrected chi connectivity index (χ1v) is 7.11. The molecule has 0 aromatic carbocycles. The fourth-order valence-electron chi connectivity index (χ4n) is 2.29. The summed E-state index contributed by atoms with van der Waals surface area (Å²) in [5.41, 5.74) is 2.77. The Balaban J connectivity index is 0.000000139. The molecule has 0 saturated heterocycles. The molecule has 0 amide bonds. The molecule has 0 bridgehead atoms. The maximum Gasteiger partial charge on any atom is 0.164 e. The molecule has 4 aromatic heterocycles. The summed E-state index contributed by atoms with van der Waals surface area (Å²) in [7, 11) is 0. The van der Waals surface area contributed by atoms with Crippen molar-refractivity contribution in [3.05, 3.63) is 60.9 Å². The van der Waals surface area contributed by atoms with Crippen molar-refractivity contribution in [2.75, 3.05) is 0 Å². The van der Waals surface area contributed by atoms with E-state index in [4.69, 9.17) is 0 Å². The van der Waals surface area contributed by atoms with Crippen molar-refractivity contribution in [1.82, 2.24) is 19.9 Å². The van der Waals surface area contributed by atoms with Gasteiger partial charge in [-0.1, -0.05) is 6.92 Å². The van der Waals surface area contributed by atoms with E-state index in [1.807, 2.05) is 37.5 Å². The lowest BCUT2D eigenvalue weighted by Crippen LogP contribution is -1.93. The number of pyridine rings is 2. The highest BCUT2D eigenvalue weighted by Gasteiger charge is 2.08. The van der Waals surface area contributed by atoms with Gasteiger partial charge < -0.3 is 9.97 Å². The first-order valence-electron chi connectivity index (χ1n) is 7.11. The van der Waals surface area contributed by atoms with Crippen LogP contribution in [0.4, 0.5) is 0 Å². The molecule has 0 spiro atoms. The average Bonchev–Trinajstić information content (AvgIpc) is 3.21. The first-order chi connectivity index (χ1) is 10.8. The Morgan fingerprint density at radius 3 is 2.59 bits per heavy atom. The van der Waals surface area contributed by atoms with Gasteiger partial charge in [-0.05, 0) is 18.2 Å². The Labute approximate surface area is 127 Å². The molecule has 0 aliphatic heterocycles. The molecule has 0 unspecified atom stereocenters. The number of hydrogen-bond donors (Lipinski definition) is 2. The third kappa shape index (κ3) is 2.74. The van der Waals surface area contributed by atoms with Crippen molar-refractivity contribution in [2.24, 2.45) is 0 Å². The zero-order valence-corrected chi connectivity index (χ0v) is 12.2. The van der Waals surface area contributed by atoms with Gasteiger partial charge in [0.2, 0.25) is 0 Å². The molecule has 4 heterocycles. The number of fused-ring (bicyclic) bond motifs is 2. The van der Waals surface area contributed by atoms with Gasteiger partial charge in [-0.15, -0.1) is 0 Å². The van der Waals surface area contributed by atoms with Crippen LogP contribution in [0.25, 0.3) is 21.8 Å². The molecule has 2 N–H and O–H groups in total. The molecule has 0 aliphatic rings. The Bertz CT molecular complexity index is 877. The van der Waals surface area contributed by atoms with Crippen molar-refractivity contribution < 1.29 is 4.79 Å². The van der Waals surface area contributed by atoms with E-state index in [0.29, 0.717) is 6.42 Å². The SMILES string of the molecule is CCC(=O)c1c[nH]c2cnccc12.c1cc2cc[nH]c2cn1. The lowest BCUT2D eigenvalue weighted by atomic mass is 10.1. The molecule has 5 nitrogen and oxygen atoms in total. The second kappa shape index (κ2) is 6.22. The monoisotopic (exact) mass is 292 g/mol. The van der Waals surface area contributed by atoms with Crippen LogP contribution in [0.3, 0.4) is 0 Å². The van der Waals surface area contributed by atoms with E-state index < -0.39 is 0 Å². The predicted molar refractivity (Wildman–Crippen MR) is 86.8 cm³/mol. The number of H-pyrrole nitrogens is 2. The van der Waals surface area contributed by atoms with Crippen molar-refractivity contribution in [3.63, 3.8) is 0 Å². The maximum absolute atomic E-state index is 11.4. The zero-order valence-electron chi connectivity index (χ0n) is 12.2. The highest BCUT2D eigenvalue weighted by Crippen LogP contribution is 2.17. The van der Waals surface area contributed by atoms with Gasteiger partial charge in [0.05, 0.1) is 23.4 Å². The average molecular weight is 292 g/mol. The van der Waals surface area contributed by atoms with Gasteiger partial charge in [0.1, 0.15) is 0 Å². The van der Waals surface area contributed by atoms with E-state index in [-0.39, 0.29) is 5.78 Å². The van der Waals surface area contributed by atoms with Crippen LogP contribution in [0.1, 0.15) is 23.7 Å². The summed E-state index contributed by atoms with van der Waals surface area (Å²) in [6.07, 6.45) is 11.2. The summed E-state index contributed by atoms with van der Waals surface area (Å²) in [5, 5.41) is 2.17. The van der Waals surface area contributed by atoms with Crippen molar-refractivity contribution in [3.8, 4) is 0 Å². The molecule has 0 atom stereocenters. The molecular formula is C17H16N4O. The third-order valence-corrected chi connectivity index (χ3v) is 3.46. The number of hydrogen-bond acceptors (Lipinski definition) is 3. The lowest BCUT2D eigenvalue weighted by molar-refractivity contribution is 0.0990. The van der Waals surface area contributed by atoms with E-state index in [0.717, 1.165) is 22.0 Å². The number of aromatic amines is 2. The fourth-order valence-corrected chi connectivity index (χ4v) is 2.29. The normalized spacial score (nSPS) is 10.4.